The van der Waals surface area contributed by atoms with Gasteiger partial charge in [0, 0.05) is 36.8 Å². The van der Waals surface area contributed by atoms with Gasteiger partial charge < -0.3 is 4.90 Å². The molecule has 4 heterocycles. The third-order valence-corrected chi connectivity index (χ3v) is 7.06. The van der Waals surface area contributed by atoms with Crippen molar-refractivity contribution in [3.05, 3.63) is 90.0 Å². The first kappa shape index (κ1) is 25.0. The summed E-state index contributed by atoms with van der Waals surface area (Å²) in [5.41, 5.74) is 4.90. The summed E-state index contributed by atoms with van der Waals surface area (Å²) in [5, 5.41) is 5.88. The van der Waals surface area contributed by atoms with E-state index in [-0.39, 0.29) is 24.1 Å². The lowest BCUT2D eigenvalue weighted by Crippen LogP contribution is -2.31. The minimum absolute atomic E-state index is 0. The van der Waals surface area contributed by atoms with Crippen molar-refractivity contribution in [1.29, 1.82) is 0 Å². The first-order valence-electron chi connectivity index (χ1n) is 12.6. The van der Waals surface area contributed by atoms with Crippen LogP contribution in [0.1, 0.15) is 41.6 Å². The average Bonchev–Trinajstić information content (AvgIpc) is 3.36. The number of rotatable bonds is 5. The Kier molecular flexibility index (Phi) is 7.24. The standard InChI is InChI=1S/C29H28FN5O.ClH/c30-23-11-13-27-31-19-26(34(27)20-23)28-24-12-10-22(29(36)33-15-6-1-2-7-16-33)18-25(24)35(32-28)17-14-21-8-4-3-5-9-21;/h3-5,8-13,18-20H,1-2,6-7,14-17H2;1H. The first-order chi connectivity index (χ1) is 17.7. The molecule has 5 aromatic rings. The van der Waals surface area contributed by atoms with Crippen molar-refractivity contribution in [2.24, 2.45) is 0 Å². The lowest BCUT2D eigenvalue weighted by Gasteiger charge is -2.20. The van der Waals surface area contributed by atoms with Crippen molar-refractivity contribution >= 4 is 34.9 Å². The zero-order valence-electron chi connectivity index (χ0n) is 20.5. The molecule has 3 aromatic heterocycles. The van der Waals surface area contributed by atoms with Crippen molar-refractivity contribution in [3.8, 4) is 11.4 Å². The van der Waals surface area contributed by atoms with E-state index < -0.39 is 0 Å². The maximum Gasteiger partial charge on any atom is 0.253 e. The number of halogens is 2. The number of carbonyl (C=O) groups is 1. The van der Waals surface area contributed by atoms with Gasteiger partial charge in [0.15, 0.2) is 0 Å². The van der Waals surface area contributed by atoms with Gasteiger partial charge in [-0.15, -0.1) is 12.4 Å². The van der Waals surface area contributed by atoms with Crippen LogP contribution in [0.15, 0.2) is 73.1 Å². The van der Waals surface area contributed by atoms with Gasteiger partial charge >= 0.3 is 0 Å². The SMILES string of the molecule is Cl.O=C(c1ccc2c(-c3cnc4ccc(F)cn34)nn(CCc3ccccc3)c2c1)N1CCCCCC1. The molecule has 1 fully saturated rings. The van der Waals surface area contributed by atoms with E-state index in [0.717, 1.165) is 54.6 Å². The van der Waals surface area contributed by atoms with E-state index in [2.05, 4.69) is 17.1 Å². The highest BCUT2D eigenvalue weighted by Gasteiger charge is 2.21. The molecule has 190 valence electrons. The van der Waals surface area contributed by atoms with E-state index in [0.29, 0.717) is 17.8 Å². The molecule has 6 nitrogen and oxygen atoms in total. The predicted molar refractivity (Wildman–Crippen MR) is 146 cm³/mol. The molecular weight excluding hydrogens is 489 g/mol. The molecule has 6 rings (SSSR count). The third-order valence-electron chi connectivity index (χ3n) is 7.06. The molecule has 0 N–H and O–H groups in total. The third kappa shape index (κ3) is 4.96. The van der Waals surface area contributed by atoms with Crippen molar-refractivity contribution in [1.82, 2.24) is 24.1 Å². The van der Waals surface area contributed by atoms with Gasteiger partial charge in [-0.05, 0) is 55.2 Å². The van der Waals surface area contributed by atoms with Gasteiger partial charge in [-0.3, -0.25) is 13.9 Å². The van der Waals surface area contributed by atoms with Crippen LogP contribution in [0, 0.1) is 5.82 Å². The van der Waals surface area contributed by atoms with E-state index in [4.69, 9.17) is 5.10 Å². The number of hydrogen-bond acceptors (Lipinski definition) is 3. The average molecular weight is 518 g/mol. The summed E-state index contributed by atoms with van der Waals surface area (Å²) in [6.45, 7) is 2.28. The second-order valence-electron chi connectivity index (χ2n) is 9.46. The highest BCUT2D eigenvalue weighted by molar-refractivity contribution is 6.01. The predicted octanol–water partition coefficient (Wildman–Crippen LogP) is 6.17. The summed E-state index contributed by atoms with van der Waals surface area (Å²) in [4.78, 5) is 19.8. The molecule has 0 unspecified atom stereocenters. The second kappa shape index (κ2) is 10.7. The number of carbonyl (C=O) groups excluding carboxylic acids is 1. The Labute approximate surface area is 221 Å². The molecule has 0 spiro atoms. The fourth-order valence-electron chi connectivity index (χ4n) is 5.13. The quantitative estimate of drug-likeness (QED) is 0.280. The Bertz CT molecular complexity index is 1540. The maximum atomic E-state index is 14.1. The molecule has 0 radical (unpaired) electrons. The molecule has 1 aliphatic rings. The van der Waals surface area contributed by atoms with Crippen LogP contribution < -0.4 is 0 Å². The molecule has 1 aliphatic heterocycles. The Morgan fingerprint density at radius 3 is 2.51 bits per heavy atom. The summed E-state index contributed by atoms with van der Waals surface area (Å²) < 4.78 is 17.8. The molecule has 1 amide bonds. The van der Waals surface area contributed by atoms with Crippen molar-refractivity contribution in [2.75, 3.05) is 13.1 Å². The molecule has 2 aromatic carbocycles. The van der Waals surface area contributed by atoms with E-state index in [9.17, 15) is 9.18 Å². The topological polar surface area (TPSA) is 55.4 Å². The van der Waals surface area contributed by atoms with Crippen LogP contribution >= 0.6 is 12.4 Å². The van der Waals surface area contributed by atoms with Crippen molar-refractivity contribution in [2.45, 2.75) is 38.6 Å². The van der Waals surface area contributed by atoms with Crippen LogP contribution in [0.2, 0.25) is 0 Å². The van der Waals surface area contributed by atoms with Crippen LogP contribution in [0.3, 0.4) is 0 Å². The van der Waals surface area contributed by atoms with Crippen LogP contribution in [0.25, 0.3) is 27.9 Å². The molecule has 1 saturated heterocycles. The molecule has 0 atom stereocenters. The van der Waals surface area contributed by atoms with E-state index >= 15 is 0 Å². The monoisotopic (exact) mass is 517 g/mol. The summed E-state index contributed by atoms with van der Waals surface area (Å²) in [6, 6.07) is 19.2. The number of nitrogens with zero attached hydrogens (tertiary/aromatic N) is 5. The van der Waals surface area contributed by atoms with Gasteiger partial charge in [-0.2, -0.15) is 5.10 Å². The summed E-state index contributed by atoms with van der Waals surface area (Å²) >= 11 is 0. The molecular formula is C29H29ClFN5O. The smallest absolute Gasteiger partial charge is 0.253 e. The zero-order chi connectivity index (χ0) is 24.5. The van der Waals surface area contributed by atoms with Gasteiger partial charge in [-0.1, -0.05) is 43.2 Å². The van der Waals surface area contributed by atoms with Gasteiger partial charge in [0.25, 0.3) is 5.91 Å². The maximum absolute atomic E-state index is 14.1. The zero-order valence-corrected chi connectivity index (χ0v) is 21.3. The Morgan fingerprint density at radius 2 is 1.73 bits per heavy atom. The Hall–Kier alpha value is -3.71. The number of fused-ring (bicyclic) bond motifs is 2. The van der Waals surface area contributed by atoms with E-state index in [1.54, 1.807) is 16.7 Å². The molecule has 37 heavy (non-hydrogen) atoms. The van der Waals surface area contributed by atoms with Crippen molar-refractivity contribution < 1.29 is 9.18 Å². The Balaban J connectivity index is 0.00000280. The fourth-order valence-corrected chi connectivity index (χ4v) is 5.13. The minimum Gasteiger partial charge on any atom is -0.339 e. The van der Waals surface area contributed by atoms with Crippen LogP contribution in [0.5, 0.6) is 0 Å². The molecule has 0 aliphatic carbocycles. The van der Waals surface area contributed by atoms with E-state index in [1.165, 1.54) is 30.7 Å². The van der Waals surface area contributed by atoms with Crippen LogP contribution in [0.4, 0.5) is 4.39 Å². The molecule has 0 bridgehead atoms. The number of aryl methyl sites for hydroxylation is 2. The number of aromatic nitrogens is 4. The van der Waals surface area contributed by atoms with Gasteiger partial charge in [0.2, 0.25) is 0 Å². The summed E-state index contributed by atoms with van der Waals surface area (Å²) in [7, 11) is 0. The molecule has 8 heteroatoms. The lowest BCUT2D eigenvalue weighted by atomic mass is 10.1. The van der Waals surface area contributed by atoms with Gasteiger partial charge in [0.05, 0.1) is 17.4 Å². The normalized spacial score (nSPS) is 14.0. The summed E-state index contributed by atoms with van der Waals surface area (Å²) in [5.74, 6) is -0.257. The van der Waals surface area contributed by atoms with Crippen LogP contribution in [-0.4, -0.2) is 43.1 Å². The van der Waals surface area contributed by atoms with Gasteiger partial charge in [0.1, 0.15) is 17.2 Å². The number of likely N-dealkylation sites (tertiary alicyclic amines) is 1. The number of pyridine rings is 1. The number of benzene rings is 2. The number of hydrogen-bond donors (Lipinski definition) is 0. The first-order valence-corrected chi connectivity index (χ1v) is 12.6. The highest BCUT2D eigenvalue weighted by atomic mass is 35.5. The highest BCUT2D eigenvalue weighted by Crippen LogP contribution is 2.30. The number of amides is 1. The number of imidazole rings is 1. The minimum atomic E-state index is -0.333. The van der Waals surface area contributed by atoms with Crippen molar-refractivity contribution in [3.63, 3.8) is 0 Å². The Morgan fingerprint density at radius 1 is 0.946 bits per heavy atom. The summed E-state index contributed by atoms with van der Waals surface area (Å²) in [6.07, 6.45) is 8.44. The van der Waals surface area contributed by atoms with Crippen LogP contribution in [-0.2, 0) is 13.0 Å². The largest absolute Gasteiger partial charge is 0.339 e. The molecule has 0 saturated carbocycles. The lowest BCUT2D eigenvalue weighted by molar-refractivity contribution is 0.0762. The van der Waals surface area contributed by atoms with E-state index in [1.807, 2.05) is 46.0 Å². The fraction of sp³-hybridized carbons (Fsp3) is 0.276. The second-order valence-corrected chi connectivity index (χ2v) is 9.46. The van der Waals surface area contributed by atoms with Gasteiger partial charge in [-0.25, -0.2) is 9.37 Å².